The summed E-state index contributed by atoms with van der Waals surface area (Å²) in [4.78, 5) is 35.1. The second-order valence-electron chi connectivity index (χ2n) is 4.84. The van der Waals surface area contributed by atoms with Crippen LogP contribution < -0.4 is 0 Å². The van der Waals surface area contributed by atoms with Crippen molar-refractivity contribution >= 4 is 17.5 Å². The fourth-order valence-corrected chi connectivity index (χ4v) is 2.09. The Labute approximate surface area is 133 Å². The molecule has 5 heteroatoms. The van der Waals surface area contributed by atoms with Gasteiger partial charge in [0.05, 0.1) is 18.6 Å². The maximum absolute atomic E-state index is 12.2. The van der Waals surface area contributed by atoms with Crippen molar-refractivity contribution in [3.63, 3.8) is 0 Å². The molecule has 0 unspecified atom stereocenters. The monoisotopic (exact) mass is 312 g/mol. The van der Waals surface area contributed by atoms with Crippen LogP contribution in [0.4, 0.5) is 0 Å². The molecule has 0 spiro atoms. The van der Waals surface area contributed by atoms with E-state index in [4.69, 9.17) is 0 Å². The lowest BCUT2D eigenvalue weighted by molar-refractivity contribution is -0.153. The third kappa shape index (κ3) is 4.03. The van der Waals surface area contributed by atoms with Crippen molar-refractivity contribution in [2.24, 2.45) is 0 Å². The number of ketones is 2. The van der Waals surface area contributed by atoms with Gasteiger partial charge in [0, 0.05) is 0 Å². The summed E-state index contributed by atoms with van der Waals surface area (Å²) >= 11 is 0. The summed E-state index contributed by atoms with van der Waals surface area (Å²) in [5, 5.41) is 9.86. The second kappa shape index (κ2) is 7.35. The van der Waals surface area contributed by atoms with Gasteiger partial charge in [-0.2, -0.15) is 0 Å². The average Bonchev–Trinajstić information content (AvgIpc) is 2.56. The summed E-state index contributed by atoms with van der Waals surface area (Å²) in [7, 11) is 0. The summed E-state index contributed by atoms with van der Waals surface area (Å²) in [5.41, 5.74) is 1.61. The van der Waals surface area contributed by atoms with Gasteiger partial charge in [0.15, 0.2) is 5.78 Å². The molecule has 0 saturated heterocycles. The molecule has 0 amide bonds. The summed E-state index contributed by atoms with van der Waals surface area (Å²) in [5.74, 6) is -2.83. The van der Waals surface area contributed by atoms with Gasteiger partial charge >= 0.3 is 5.97 Å². The standard InChI is InChI=1S/C18H16O5/c1-2-23-18(22)17(21)11-16(20)14-10-13(8-9-15(14)19)12-6-4-3-5-7-12/h3-10,19H,2,11H2,1H3. The van der Waals surface area contributed by atoms with Gasteiger partial charge in [-0.1, -0.05) is 36.4 Å². The van der Waals surface area contributed by atoms with E-state index in [-0.39, 0.29) is 17.9 Å². The van der Waals surface area contributed by atoms with Crippen molar-refractivity contribution in [1.82, 2.24) is 0 Å². The largest absolute Gasteiger partial charge is 0.507 e. The van der Waals surface area contributed by atoms with Crippen LogP contribution in [-0.4, -0.2) is 29.2 Å². The average molecular weight is 312 g/mol. The molecular formula is C18H16O5. The van der Waals surface area contributed by atoms with Gasteiger partial charge in [-0.25, -0.2) is 4.79 Å². The number of aromatic hydroxyl groups is 1. The summed E-state index contributed by atoms with van der Waals surface area (Å²) in [6, 6.07) is 13.9. The Hall–Kier alpha value is -2.95. The molecule has 1 N–H and O–H groups in total. The third-order valence-electron chi connectivity index (χ3n) is 3.23. The second-order valence-corrected chi connectivity index (χ2v) is 4.84. The van der Waals surface area contributed by atoms with Gasteiger partial charge in [-0.15, -0.1) is 0 Å². The fourth-order valence-electron chi connectivity index (χ4n) is 2.09. The summed E-state index contributed by atoms with van der Waals surface area (Å²) < 4.78 is 4.56. The quantitative estimate of drug-likeness (QED) is 0.384. The Morgan fingerprint density at radius 1 is 1.00 bits per heavy atom. The molecular weight excluding hydrogens is 296 g/mol. The molecule has 0 aliphatic rings. The van der Waals surface area contributed by atoms with Gasteiger partial charge in [0.1, 0.15) is 5.75 Å². The molecule has 118 valence electrons. The van der Waals surface area contributed by atoms with E-state index in [1.165, 1.54) is 12.1 Å². The third-order valence-corrected chi connectivity index (χ3v) is 3.23. The minimum atomic E-state index is -1.04. The van der Waals surface area contributed by atoms with Crippen LogP contribution in [0.2, 0.25) is 0 Å². The van der Waals surface area contributed by atoms with Crippen molar-refractivity contribution in [3.05, 3.63) is 54.1 Å². The van der Waals surface area contributed by atoms with Crippen LogP contribution in [0.25, 0.3) is 11.1 Å². The van der Waals surface area contributed by atoms with E-state index in [0.29, 0.717) is 0 Å². The number of esters is 1. The van der Waals surface area contributed by atoms with E-state index in [1.807, 2.05) is 30.3 Å². The number of hydrogen-bond donors (Lipinski definition) is 1. The van der Waals surface area contributed by atoms with Crippen LogP contribution in [0.3, 0.4) is 0 Å². The molecule has 23 heavy (non-hydrogen) atoms. The van der Waals surface area contributed by atoms with Crippen LogP contribution in [-0.2, 0) is 14.3 Å². The zero-order valence-corrected chi connectivity index (χ0v) is 12.6. The smallest absolute Gasteiger partial charge is 0.375 e. The van der Waals surface area contributed by atoms with Crippen molar-refractivity contribution < 1.29 is 24.2 Å². The van der Waals surface area contributed by atoms with E-state index in [9.17, 15) is 19.5 Å². The summed E-state index contributed by atoms with van der Waals surface area (Å²) in [6.45, 7) is 1.63. The van der Waals surface area contributed by atoms with E-state index in [1.54, 1.807) is 13.0 Å². The van der Waals surface area contributed by atoms with Crippen LogP contribution >= 0.6 is 0 Å². The first kappa shape index (κ1) is 16.4. The zero-order valence-electron chi connectivity index (χ0n) is 12.6. The lowest BCUT2D eigenvalue weighted by Gasteiger charge is -2.07. The topological polar surface area (TPSA) is 80.7 Å². The highest BCUT2D eigenvalue weighted by atomic mass is 16.5. The molecule has 0 aromatic heterocycles. The molecule has 0 radical (unpaired) electrons. The van der Waals surface area contributed by atoms with Crippen LogP contribution in [0.5, 0.6) is 5.75 Å². The predicted octanol–water partition coefficient (Wildman–Crippen LogP) is 2.76. The van der Waals surface area contributed by atoms with Gasteiger partial charge < -0.3 is 9.84 Å². The maximum atomic E-state index is 12.2. The number of Topliss-reactive ketones (excluding diaryl/α,β-unsaturated/α-hetero) is 2. The molecule has 0 bridgehead atoms. The Bertz CT molecular complexity index is 734. The maximum Gasteiger partial charge on any atom is 0.375 e. The van der Waals surface area contributed by atoms with Gasteiger partial charge in [0.25, 0.3) is 0 Å². The number of carbonyl (C=O) groups excluding carboxylic acids is 3. The van der Waals surface area contributed by atoms with E-state index in [2.05, 4.69) is 4.74 Å². The number of rotatable bonds is 6. The predicted molar refractivity (Wildman–Crippen MR) is 84.1 cm³/mol. The van der Waals surface area contributed by atoms with Gasteiger partial charge in [-0.05, 0) is 30.2 Å². The first-order valence-corrected chi connectivity index (χ1v) is 7.14. The SMILES string of the molecule is CCOC(=O)C(=O)CC(=O)c1cc(-c2ccccc2)ccc1O. The van der Waals surface area contributed by atoms with Crippen LogP contribution in [0, 0.1) is 0 Å². The Balaban J connectivity index is 2.23. The number of phenolic OH excluding ortho intramolecular Hbond substituents is 1. The highest BCUT2D eigenvalue weighted by Crippen LogP contribution is 2.26. The Kier molecular flexibility index (Phi) is 5.25. The van der Waals surface area contributed by atoms with Crippen molar-refractivity contribution in [2.75, 3.05) is 6.61 Å². The van der Waals surface area contributed by atoms with Crippen molar-refractivity contribution in [3.8, 4) is 16.9 Å². The molecule has 2 rings (SSSR count). The molecule has 5 nitrogen and oxygen atoms in total. The zero-order chi connectivity index (χ0) is 16.8. The fraction of sp³-hybridized carbons (Fsp3) is 0.167. The van der Waals surface area contributed by atoms with Gasteiger partial charge in [0.2, 0.25) is 5.78 Å². The normalized spacial score (nSPS) is 10.1. The van der Waals surface area contributed by atoms with E-state index in [0.717, 1.165) is 11.1 Å². The van der Waals surface area contributed by atoms with Crippen molar-refractivity contribution in [2.45, 2.75) is 13.3 Å². The number of carbonyl (C=O) groups is 3. The minimum absolute atomic E-state index is 0.00371. The molecule has 0 saturated carbocycles. The Morgan fingerprint density at radius 2 is 1.70 bits per heavy atom. The van der Waals surface area contributed by atoms with Crippen LogP contribution in [0.1, 0.15) is 23.7 Å². The molecule has 0 aliphatic carbocycles. The molecule has 2 aromatic carbocycles. The first-order valence-electron chi connectivity index (χ1n) is 7.14. The first-order chi connectivity index (χ1) is 11.0. The number of benzene rings is 2. The summed E-state index contributed by atoms with van der Waals surface area (Å²) in [6.07, 6.45) is -0.634. The van der Waals surface area contributed by atoms with Crippen LogP contribution in [0.15, 0.2) is 48.5 Å². The highest BCUT2D eigenvalue weighted by Gasteiger charge is 2.22. The number of phenols is 1. The lowest BCUT2D eigenvalue weighted by atomic mass is 9.98. The molecule has 0 aliphatic heterocycles. The minimum Gasteiger partial charge on any atom is -0.507 e. The van der Waals surface area contributed by atoms with Crippen molar-refractivity contribution in [1.29, 1.82) is 0 Å². The van der Waals surface area contributed by atoms with Gasteiger partial charge in [-0.3, -0.25) is 9.59 Å². The molecule has 2 aromatic rings. The molecule has 0 fully saturated rings. The van der Waals surface area contributed by atoms with E-state index >= 15 is 0 Å². The number of ether oxygens (including phenoxy) is 1. The molecule has 0 heterocycles. The van der Waals surface area contributed by atoms with E-state index < -0.39 is 24.0 Å². The number of hydrogen-bond acceptors (Lipinski definition) is 5. The Morgan fingerprint density at radius 3 is 2.35 bits per heavy atom. The highest BCUT2D eigenvalue weighted by molar-refractivity contribution is 6.38. The molecule has 0 atom stereocenters. The lowest BCUT2D eigenvalue weighted by Crippen LogP contribution is -2.20.